The van der Waals surface area contributed by atoms with Gasteiger partial charge in [0, 0.05) is 24.0 Å². The van der Waals surface area contributed by atoms with E-state index in [2.05, 4.69) is 24.1 Å². The summed E-state index contributed by atoms with van der Waals surface area (Å²) in [4.78, 5) is 28.4. The third-order valence-corrected chi connectivity index (χ3v) is 5.99. The van der Waals surface area contributed by atoms with Gasteiger partial charge in [0.05, 0.1) is 5.52 Å². The standard InChI is InChI=1S/C23H33N3O2/c1-15(2)25-11-9-18(10-12-25)14-24-22(27)20-13-19-17(5)7-6-8-21(19)26(16(3)4)23(20)28/h6-8,13,15-16,18H,9-12,14H2,1-5H3,(H,24,27). The molecule has 1 saturated heterocycles. The highest BCUT2D eigenvalue weighted by Gasteiger charge is 2.23. The molecule has 5 heteroatoms. The molecule has 0 unspecified atom stereocenters. The summed E-state index contributed by atoms with van der Waals surface area (Å²) in [6, 6.07) is 8.26. The summed E-state index contributed by atoms with van der Waals surface area (Å²) in [6.45, 7) is 13.2. The van der Waals surface area contributed by atoms with Crippen LogP contribution in [0.2, 0.25) is 0 Å². The predicted molar refractivity (Wildman–Crippen MR) is 115 cm³/mol. The number of nitrogens with one attached hydrogen (secondary N) is 1. The highest BCUT2D eigenvalue weighted by molar-refractivity contribution is 5.98. The van der Waals surface area contributed by atoms with Crippen molar-refractivity contribution in [3.8, 4) is 0 Å². The van der Waals surface area contributed by atoms with E-state index < -0.39 is 0 Å². The van der Waals surface area contributed by atoms with Gasteiger partial charge in [0.15, 0.2) is 0 Å². The van der Waals surface area contributed by atoms with Gasteiger partial charge in [-0.2, -0.15) is 0 Å². The van der Waals surface area contributed by atoms with Crippen molar-refractivity contribution in [2.45, 2.75) is 59.5 Å². The zero-order valence-electron chi connectivity index (χ0n) is 17.8. The second kappa shape index (κ2) is 8.48. The summed E-state index contributed by atoms with van der Waals surface area (Å²) in [5.41, 5.74) is 2.00. The lowest BCUT2D eigenvalue weighted by Crippen LogP contribution is -2.42. The summed E-state index contributed by atoms with van der Waals surface area (Å²) >= 11 is 0. The van der Waals surface area contributed by atoms with Crippen LogP contribution in [0, 0.1) is 12.8 Å². The van der Waals surface area contributed by atoms with Crippen molar-refractivity contribution in [2.75, 3.05) is 19.6 Å². The molecule has 3 rings (SSSR count). The van der Waals surface area contributed by atoms with Gasteiger partial charge in [-0.05, 0) is 84.2 Å². The zero-order valence-corrected chi connectivity index (χ0v) is 17.8. The molecule has 2 heterocycles. The van der Waals surface area contributed by atoms with E-state index in [1.54, 1.807) is 10.6 Å². The molecule has 0 aliphatic carbocycles. The Bertz CT molecular complexity index is 906. The number of aryl methyl sites for hydroxylation is 1. The molecule has 5 nitrogen and oxygen atoms in total. The number of rotatable bonds is 5. The molecular formula is C23H33N3O2. The van der Waals surface area contributed by atoms with Crippen LogP contribution in [-0.2, 0) is 0 Å². The number of carbonyl (C=O) groups excluding carboxylic acids is 1. The molecule has 0 radical (unpaired) electrons. The van der Waals surface area contributed by atoms with Crippen LogP contribution in [0.5, 0.6) is 0 Å². The molecule has 2 aromatic rings. The molecule has 1 amide bonds. The van der Waals surface area contributed by atoms with Crippen molar-refractivity contribution in [3.63, 3.8) is 0 Å². The van der Waals surface area contributed by atoms with Crippen LogP contribution in [0.4, 0.5) is 0 Å². The maximum atomic E-state index is 13.0. The minimum absolute atomic E-state index is 0.00934. The number of aromatic nitrogens is 1. The lowest BCUT2D eigenvalue weighted by Gasteiger charge is -2.34. The Hall–Kier alpha value is -2.14. The van der Waals surface area contributed by atoms with Gasteiger partial charge in [-0.3, -0.25) is 9.59 Å². The van der Waals surface area contributed by atoms with Crippen molar-refractivity contribution in [3.05, 3.63) is 45.7 Å². The second-order valence-electron chi connectivity index (χ2n) is 8.62. The van der Waals surface area contributed by atoms with Gasteiger partial charge in [0.2, 0.25) is 0 Å². The average Bonchev–Trinajstić information content (AvgIpc) is 2.66. The van der Waals surface area contributed by atoms with Gasteiger partial charge in [-0.25, -0.2) is 0 Å². The number of fused-ring (bicyclic) bond motifs is 1. The summed E-state index contributed by atoms with van der Waals surface area (Å²) in [5, 5.41) is 4.00. The fraction of sp³-hybridized carbons (Fsp3) is 0.565. The normalized spacial score (nSPS) is 16.2. The molecule has 1 aromatic carbocycles. The van der Waals surface area contributed by atoms with Crippen molar-refractivity contribution in [1.29, 1.82) is 0 Å². The molecule has 1 fully saturated rings. The van der Waals surface area contributed by atoms with Gasteiger partial charge < -0.3 is 14.8 Å². The monoisotopic (exact) mass is 383 g/mol. The van der Waals surface area contributed by atoms with E-state index in [9.17, 15) is 9.59 Å². The van der Waals surface area contributed by atoms with Crippen molar-refractivity contribution in [2.24, 2.45) is 5.92 Å². The Morgan fingerprint density at radius 1 is 1.14 bits per heavy atom. The molecule has 152 valence electrons. The van der Waals surface area contributed by atoms with E-state index in [4.69, 9.17) is 0 Å². The van der Waals surface area contributed by atoms with Crippen molar-refractivity contribution < 1.29 is 4.79 Å². The Balaban J connectivity index is 1.80. The third-order valence-electron chi connectivity index (χ3n) is 5.99. The van der Waals surface area contributed by atoms with E-state index in [1.165, 1.54) is 0 Å². The quantitative estimate of drug-likeness (QED) is 0.856. The highest BCUT2D eigenvalue weighted by Crippen LogP contribution is 2.21. The van der Waals surface area contributed by atoms with Crippen molar-refractivity contribution >= 4 is 16.8 Å². The number of likely N-dealkylation sites (tertiary alicyclic amines) is 1. The average molecular weight is 384 g/mol. The van der Waals surface area contributed by atoms with Crippen LogP contribution in [0.25, 0.3) is 10.9 Å². The smallest absolute Gasteiger partial charge is 0.264 e. The predicted octanol–water partition coefficient (Wildman–Crippen LogP) is 3.74. The lowest BCUT2D eigenvalue weighted by molar-refractivity contribution is 0.0928. The molecule has 0 atom stereocenters. The molecule has 0 bridgehead atoms. The first kappa shape index (κ1) is 20.6. The summed E-state index contributed by atoms with van der Waals surface area (Å²) in [7, 11) is 0. The molecule has 28 heavy (non-hydrogen) atoms. The number of nitrogens with zero attached hydrogens (tertiary/aromatic N) is 2. The molecule has 0 saturated carbocycles. The molecule has 0 spiro atoms. The summed E-state index contributed by atoms with van der Waals surface area (Å²) in [5.74, 6) is 0.226. The van der Waals surface area contributed by atoms with Crippen LogP contribution < -0.4 is 10.9 Å². The first-order chi connectivity index (χ1) is 13.3. The lowest BCUT2D eigenvalue weighted by atomic mass is 9.96. The molecule has 1 aliphatic rings. The fourth-order valence-electron chi connectivity index (χ4n) is 4.19. The third kappa shape index (κ3) is 4.14. The van der Waals surface area contributed by atoms with E-state index in [0.29, 0.717) is 18.5 Å². The maximum Gasteiger partial charge on any atom is 0.264 e. The van der Waals surface area contributed by atoms with Crippen LogP contribution in [0.3, 0.4) is 0 Å². The molecule has 1 aromatic heterocycles. The first-order valence-electron chi connectivity index (χ1n) is 10.5. The highest BCUT2D eigenvalue weighted by atomic mass is 16.2. The second-order valence-corrected chi connectivity index (χ2v) is 8.62. The van der Waals surface area contributed by atoms with Gasteiger partial charge in [0.1, 0.15) is 5.56 Å². The number of benzene rings is 1. The maximum absolute atomic E-state index is 13.0. The van der Waals surface area contributed by atoms with E-state index in [0.717, 1.165) is 42.4 Å². The summed E-state index contributed by atoms with van der Waals surface area (Å²) < 4.78 is 1.73. The number of pyridine rings is 1. The van der Waals surface area contributed by atoms with Crippen LogP contribution in [0.15, 0.2) is 29.1 Å². The number of hydrogen-bond donors (Lipinski definition) is 1. The molecule has 1 N–H and O–H groups in total. The minimum Gasteiger partial charge on any atom is -0.352 e. The van der Waals surface area contributed by atoms with E-state index in [-0.39, 0.29) is 23.1 Å². The fourth-order valence-corrected chi connectivity index (χ4v) is 4.19. The van der Waals surface area contributed by atoms with Gasteiger partial charge in [-0.1, -0.05) is 12.1 Å². The van der Waals surface area contributed by atoms with E-state index in [1.807, 2.05) is 39.0 Å². The number of carbonyl (C=O) groups is 1. The van der Waals surface area contributed by atoms with Crippen molar-refractivity contribution in [1.82, 2.24) is 14.8 Å². The zero-order chi connectivity index (χ0) is 20.4. The molecular weight excluding hydrogens is 350 g/mol. The van der Waals surface area contributed by atoms with Gasteiger partial charge in [-0.15, -0.1) is 0 Å². The van der Waals surface area contributed by atoms with Gasteiger partial charge in [0.25, 0.3) is 11.5 Å². The summed E-state index contributed by atoms with van der Waals surface area (Å²) in [6.07, 6.45) is 2.18. The number of piperidine rings is 1. The molecule has 1 aliphatic heterocycles. The largest absolute Gasteiger partial charge is 0.352 e. The van der Waals surface area contributed by atoms with Gasteiger partial charge >= 0.3 is 0 Å². The van der Waals surface area contributed by atoms with E-state index >= 15 is 0 Å². The Kier molecular flexibility index (Phi) is 6.23. The number of amides is 1. The first-order valence-corrected chi connectivity index (χ1v) is 10.5. The Morgan fingerprint density at radius 3 is 2.43 bits per heavy atom. The van der Waals surface area contributed by atoms with Crippen LogP contribution >= 0.6 is 0 Å². The Labute approximate surface area is 167 Å². The minimum atomic E-state index is -0.254. The number of hydrogen-bond acceptors (Lipinski definition) is 3. The van der Waals surface area contributed by atoms with Crippen LogP contribution in [-0.4, -0.2) is 41.1 Å². The van der Waals surface area contributed by atoms with Crippen LogP contribution in [0.1, 0.15) is 62.5 Å². The SMILES string of the molecule is Cc1cccc2c1cc(C(=O)NCC1CCN(C(C)C)CC1)c(=O)n2C(C)C. The topological polar surface area (TPSA) is 54.3 Å². The Morgan fingerprint density at radius 2 is 1.82 bits per heavy atom.